The van der Waals surface area contributed by atoms with Crippen molar-refractivity contribution in [3.63, 3.8) is 0 Å². The molecule has 11 heteroatoms. The highest BCUT2D eigenvalue weighted by Gasteiger charge is 2.10. The fraction of sp³-hybridized carbons (Fsp3) is 0.160. The number of benzene rings is 3. The van der Waals surface area contributed by atoms with Gasteiger partial charge in [-0.25, -0.2) is 5.43 Å². The molecule has 0 fully saturated rings. The minimum absolute atomic E-state index is 0.0355. The van der Waals surface area contributed by atoms with Crippen LogP contribution in [0.3, 0.4) is 0 Å². The zero-order valence-corrected chi connectivity index (χ0v) is 22.0. The van der Waals surface area contributed by atoms with Crippen molar-refractivity contribution in [2.75, 3.05) is 13.7 Å². The largest absolute Gasteiger partial charge is 0.493 e. The predicted molar refractivity (Wildman–Crippen MR) is 143 cm³/mol. The number of rotatable bonds is 10. The van der Waals surface area contributed by atoms with E-state index in [2.05, 4.69) is 15.8 Å². The van der Waals surface area contributed by atoms with Crippen molar-refractivity contribution in [2.24, 2.45) is 5.10 Å². The van der Waals surface area contributed by atoms with Crippen LogP contribution in [0.15, 0.2) is 59.7 Å². The molecule has 0 saturated carbocycles. The van der Waals surface area contributed by atoms with Crippen LogP contribution in [-0.2, 0) is 11.4 Å². The van der Waals surface area contributed by atoms with Gasteiger partial charge in [-0.15, -0.1) is 0 Å². The Labute approximate surface area is 228 Å². The van der Waals surface area contributed by atoms with Crippen molar-refractivity contribution in [1.82, 2.24) is 10.7 Å². The van der Waals surface area contributed by atoms with Crippen LogP contribution in [0.5, 0.6) is 11.5 Å². The van der Waals surface area contributed by atoms with Crippen molar-refractivity contribution in [1.29, 1.82) is 0 Å². The van der Waals surface area contributed by atoms with Gasteiger partial charge in [-0.2, -0.15) is 5.10 Å². The number of hydrogen-bond acceptors (Lipinski definition) is 5. The number of methoxy groups -OCH3 is 1. The molecule has 3 rings (SSSR count). The number of carbonyl (C=O) groups is 2. The van der Waals surface area contributed by atoms with Gasteiger partial charge in [-0.05, 0) is 54.1 Å². The topological polar surface area (TPSA) is 89.0 Å². The summed E-state index contributed by atoms with van der Waals surface area (Å²) in [7, 11) is 1.52. The van der Waals surface area contributed by atoms with Crippen LogP contribution in [0.1, 0.15) is 27.9 Å². The molecule has 7 nitrogen and oxygen atoms in total. The molecule has 0 aliphatic heterocycles. The number of nitrogens with one attached hydrogen (secondary N) is 2. The van der Waals surface area contributed by atoms with E-state index >= 15 is 0 Å². The van der Waals surface area contributed by atoms with E-state index in [1.54, 1.807) is 42.5 Å². The zero-order valence-electron chi connectivity index (χ0n) is 19.0. The molecule has 0 atom stereocenters. The van der Waals surface area contributed by atoms with Gasteiger partial charge < -0.3 is 14.8 Å². The Hall–Kier alpha value is -2.97. The summed E-state index contributed by atoms with van der Waals surface area (Å²) < 4.78 is 11.2. The third-order valence-electron chi connectivity index (χ3n) is 4.81. The summed E-state index contributed by atoms with van der Waals surface area (Å²) in [6, 6.07) is 14.9. The van der Waals surface area contributed by atoms with Gasteiger partial charge in [-0.1, -0.05) is 52.5 Å². The van der Waals surface area contributed by atoms with Gasteiger partial charge in [0.1, 0.15) is 6.61 Å². The van der Waals surface area contributed by atoms with Gasteiger partial charge in [0.05, 0.1) is 23.4 Å². The van der Waals surface area contributed by atoms with Crippen LogP contribution in [0, 0.1) is 0 Å². The van der Waals surface area contributed by atoms with Crippen LogP contribution in [0.2, 0.25) is 20.1 Å². The van der Waals surface area contributed by atoms with Gasteiger partial charge >= 0.3 is 0 Å². The van der Waals surface area contributed by atoms with Crippen molar-refractivity contribution in [3.8, 4) is 11.5 Å². The summed E-state index contributed by atoms with van der Waals surface area (Å²) in [6.07, 6.45) is 1.50. The lowest BCUT2D eigenvalue weighted by Crippen LogP contribution is -2.29. The predicted octanol–water partition coefficient (Wildman–Crippen LogP) is 6.16. The second-order valence-corrected chi connectivity index (χ2v) is 9.02. The molecule has 0 unspecified atom stereocenters. The molecule has 0 aliphatic carbocycles. The molecule has 3 aromatic rings. The van der Waals surface area contributed by atoms with Crippen molar-refractivity contribution >= 4 is 64.4 Å². The first-order chi connectivity index (χ1) is 17.3. The monoisotopic (exact) mass is 567 g/mol. The smallest absolute Gasteiger partial charge is 0.251 e. The average Bonchev–Trinajstić information content (AvgIpc) is 2.85. The minimum Gasteiger partial charge on any atom is -0.493 e. The maximum atomic E-state index is 12.1. The van der Waals surface area contributed by atoms with Crippen LogP contribution < -0.4 is 20.2 Å². The van der Waals surface area contributed by atoms with Gasteiger partial charge in [0.25, 0.3) is 5.91 Å². The maximum Gasteiger partial charge on any atom is 0.251 e. The molecule has 188 valence electrons. The lowest BCUT2D eigenvalue weighted by Gasteiger charge is -2.12. The van der Waals surface area contributed by atoms with E-state index in [0.29, 0.717) is 37.7 Å². The van der Waals surface area contributed by atoms with E-state index in [1.165, 1.54) is 25.5 Å². The van der Waals surface area contributed by atoms with Gasteiger partial charge in [-0.3, -0.25) is 9.59 Å². The maximum absolute atomic E-state index is 12.1. The molecular weight excluding hydrogens is 548 g/mol. The van der Waals surface area contributed by atoms with E-state index in [0.717, 1.165) is 5.56 Å². The molecule has 0 saturated heterocycles. The number of carbonyl (C=O) groups excluding carboxylic acids is 2. The normalized spacial score (nSPS) is 10.8. The van der Waals surface area contributed by atoms with Crippen LogP contribution in [0.4, 0.5) is 0 Å². The third-order valence-corrected chi connectivity index (χ3v) is 6.13. The molecule has 0 heterocycles. The van der Waals surface area contributed by atoms with Crippen LogP contribution in [0.25, 0.3) is 0 Å². The van der Waals surface area contributed by atoms with E-state index in [9.17, 15) is 9.59 Å². The number of halogens is 4. The lowest BCUT2D eigenvalue weighted by atomic mass is 10.2. The van der Waals surface area contributed by atoms with E-state index < -0.39 is 0 Å². The summed E-state index contributed by atoms with van der Waals surface area (Å²) >= 11 is 23.9. The second-order valence-electron chi connectivity index (χ2n) is 7.36. The second kappa shape index (κ2) is 13.4. The molecule has 0 radical (unpaired) electrons. The standard InChI is InChI=1S/C25H21Cl4N3O4/c1-35-23-10-15(2-7-22(23)36-14-17-3-5-18(26)12-20(17)28)13-31-32-24(33)8-9-30-25(34)16-4-6-19(27)21(29)11-16/h2-7,10-13H,8-9,14H2,1H3,(H,30,34)(H,32,33). The van der Waals surface area contributed by atoms with Crippen LogP contribution >= 0.6 is 46.4 Å². The first-order valence-electron chi connectivity index (χ1n) is 10.6. The SMILES string of the molecule is COc1cc(C=NNC(=O)CCNC(=O)c2ccc(Cl)c(Cl)c2)ccc1OCc1ccc(Cl)cc1Cl. The van der Waals surface area contributed by atoms with Gasteiger partial charge in [0, 0.05) is 34.1 Å². The molecule has 0 spiro atoms. The number of ether oxygens (including phenoxy) is 2. The Morgan fingerprint density at radius 2 is 1.72 bits per heavy atom. The van der Waals surface area contributed by atoms with E-state index in [1.807, 2.05) is 0 Å². The molecule has 0 aromatic heterocycles. The first-order valence-corrected chi connectivity index (χ1v) is 12.1. The Balaban J connectivity index is 1.47. The van der Waals surface area contributed by atoms with Gasteiger partial charge in [0.2, 0.25) is 5.91 Å². The molecule has 36 heavy (non-hydrogen) atoms. The Morgan fingerprint density at radius 1 is 0.917 bits per heavy atom. The molecule has 3 aromatic carbocycles. The number of hydrogen-bond donors (Lipinski definition) is 2. The fourth-order valence-corrected chi connectivity index (χ4v) is 3.70. The molecule has 0 bridgehead atoms. The molecule has 2 amide bonds. The molecular formula is C25H21Cl4N3O4. The molecule has 2 N–H and O–H groups in total. The van der Waals surface area contributed by atoms with Crippen molar-refractivity contribution in [2.45, 2.75) is 13.0 Å². The summed E-state index contributed by atoms with van der Waals surface area (Å²) in [4.78, 5) is 24.1. The van der Waals surface area contributed by atoms with Crippen LogP contribution in [-0.4, -0.2) is 31.7 Å². The highest BCUT2D eigenvalue weighted by molar-refractivity contribution is 6.42. The lowest BCUT2D eigenvalue weighted by molar-refractivity contribution is -0.120. The van der Waals surface area contributed by atoms with E-state index in [-0.39, 0.29) is 36.4 Å². The minimum atomic E-state index is -0.368. The quantitative estimate of drug-likeness (QED) is 0.226. The number of hydrazone groups is 1. The highest BCUT2D eigenvalue weighted by atomic mass is 35.5. The van der Waals surface area contributed by atoms with Gasteiger partial charge in [0.15, 0.2) is 11.5 Å². The highest BCUT2D eigenvalue weighted by Crippen LogP contribution is 2.30. The average molecular weight is 569 g/mol. The fourth-order valence-electron chi connectivity index (χ4n) is 2.94. The van der Waals surface area contributed by atoms with E-state index in [4.69, 9.17) is 55.9 Å². The van der Waals surface area contributed by atoms with Crippen molar-refractivity contribution < 1.29 is 19.1 Å². The van der Waals surface area contributed by atoms with Crippen molar-refractivity contribution in [3.05, 3.63) is 91.4 Å². The summed E-state index contributed by atoms with van der Waals surface area (Å²) in [5.74, 6) is 0.271. The summed E-state index contributed by atoms with van der Waals surface area (Å²) in [5.41, 5.74) is 4.22. The summed E-state index contributed by atoms with van der Waals surface area (Å²) in [5, 5.41) is 8.27. The summed E-state index contributed by atoms with van der Waals surface area (Å²) in [6.45, 7) is 0.357. The Morgan fingerprint density at radius 3 is 2.44 bits per heavy atom. The molecule has 0 aliphatic rings. The first kappa shape index (κ1) is 27.6. The Kier molecular flexibility index (Phi) is 10.3. The number of amides is 2. The Bertz CT molecular complexity index is 1280. The number of nitrogens with zero attached hydrogens (tertiary/aromatic N) is 1. The third kappa shape index (κ3) is 8.03. The zero-order chi connectivity index (χ0) is 26.1.